The van der Waals surface area contributed by atoms with Crippen molar-refractivity contribution in [1.29, 1.82) is 0 Å². The molecule has 1 fully saturated rings. The number of nitrogens with one attached hydrogen (secondary N) is 1. The van der Waals surface area contributed by atoms with Crippen LogP contribution in [0.15, 0.2) is 35.4 Å². The number of carbonyl (C=O) groups is 1. The second-order valence-electron chi connectivity index (χ2n) is 7.42. The molecule has 196 valence electrons. The quantitative estimate of drug-likeness (QED) is 0.101. The van der Waals surface area contributed by atoms with E-state index in [-0.39, 0.29) is 82.8 Å². The standard InChI is InChI=1S/C17H19ClN5O8P.CH2O3.2Na/c18-9-4-2-1-3-8(9)5-22-7-23(14-11(22)15(26)21-17(19)20-14)16-13(25)12(24)10(31-16)6-30-32(27,28)29;2-1(3)4;;/h1-4,7,10,12-13,16,24-25H,5-6H2,(H4-,19,20,21,26,27,28,29);(H2,2,3,4);;/q;;2*+1/p-2/t10-,12-,13-,16-;;;/m1.../s1. The number of H-pyrrole nitrogens is 1. The number of aliphatic hydroxyl groups is 2. The summed E-state index contributed by atoms with van der Waals surface area (Å²) in [5.41, 5.74) is 5.93. The Morgan fingerprint density at radius 1 is 1.29 bits per heavy atom. The fraction of sp³-hybridized carbons (Fsp3) is 0.333. The van der Waals surface area contributed by atoms with Crippen LogP contribution in [0.3, 0.4) is 0 Å². The Balaban J connectivity index is 0.00000113. The summed E-state index contributed by atoms with van der Waals surface area (Å²) < 4.78 is 23.3. The number of aromatic amines is 1. The fourth-order valence-corrected chi connectivity index (χ4v) is 4.08. The summed E-state index contributed by atoms with van der Waals surface area (Å²) in [7, 11) is -5.32. The topological polar surface area (TPSA) is 263 Å². The number of aliphatic hydroxyl groups excluding tert-OH is 2. The Labute approximate surface area is 262 Å². The molecule has 0 radical (unpaired) electrons. The van der Waals surface area contributed by atoms with Crippen molar-refractivity contribution in [3.05, 3.63) is 51.5 Å². The molecular weight excluding hydrogens is 575 g/mol. The Hall–Kier alpha value is -1.08. The van der Waals surface area contributed by atoms with E-state index in [1.807, 2.05) is 0 Å². The number of imidazole rings is 1. The van der Waals surface area contributed by atoms with Gasteiger partial charge < -0.3 is 54.6 Å². The monoisotopic (exact) mass is 593 g/mol. The molecule has 0 spiro atoms. The van der Waals surface area contributed by atoms with Crippen LogP contribution in [0.4, 0.5) is 10.7 Å². The van der Waals surface area contributed by atoms with Gasteiger partial charge in [-0.1, -0.05) is 34.8 Å². The average Bonchev–Trinajstić information content (AvgIpc) is 3.25. The van der Waals surface area contributed by atoms with Gasteiger partial charge in [-0.15, -0.1) is 0 Å². The Kier molecular flexibility index (Phi) is 13.4. The van der Waals surface area contributed by atoms with Crippen LogP contribution in [0.2, 0.25) is 5.02 Å². The van der Waals surface area contributed by atoms with E-state index >= 15 is 0 Å². The van der Waals surface area contributed by atoms with Crippen LogP contribution in [0, 0.1) is 0 Å². The van der Waals surface area contributed by atoms with Crippen LogP contribution in [0.1, 0.15) is 11.8 Å². The fourth-order valence-electron chi connectivity index (χ4n) is 3.55. The van der Waals surface area contributed by atoms with Gasteiger partial charge in [-0.05, 0) is 6.07 Å². The number of ether oxygens (including phenoxy) is 1. The average molecular weight is 594 g/mol. The summed E-state index contributed by atoms with van der Waals surface area (Å²) in [6.45, 7) is -0.640. The molecule has 0 saturated carbocycles. The first-order chi connectivity index (χ1) is 16.8. The molecule has 1 saturated heterocycles. The normalized spacial score (nSPS) is 20.7. The molecule has 4 rings (SSSR count). The van der Waals surface area contributed by atoms with Gasteiger partial charge >= 0.3 is 64.8 Å². The van der Waals surface area contributed by atoms with E-state index in [1.165, 1.54) is 15.5 Å². The molecule has 1 aromatic carbocycles. The molecule has 3 heterocycles. The van der Waals surface area contributed by atoms with E-state index < -0.39 is 50.7 Å². The van der Waals surface area contributed by atoms with Gasteiger partial charge in [0.25, 0.3) is 11.5 Å². The van der Waals surface area contributed by atoms with Crippen LogP contribution in [0.5, 0.6) is 0 Å². The molecule has 0 aliphatic carbocycles. The number of hydrogen-bond acceptors (Lipinski definition) is 12. The zero-order chi connectivity index (χ0) is 26.8. The third-order valence-electron chi connectivity index (χ3n) is 5.00. The number of benzene rings is 1. The van der Waals surface area contributed by atoms with Crippen LogP contribution >= 0.6 is 19.4 Å². The molecular formula is C18H19ClN5Na2O11P. The van der Waals surface area contributed by atoms with Crippen molar-refractivity contribution in [3.63, 3.8) is 0 Å². The molecule has 0 amide bonds. The van der Waals surface area contributed by atoms with E-state index in [1.54, 1.807) is 24.3 Å². The predicted octanol–water partition coefficient (Wildman–Crippen LogP) is -9.34. The molecule has 4 atom stereocenters. The van der Waals surface area contributed by atoms with E-state index in [9.17, 15) is 29.4 Å². The number of nitrogens with two attached hydrogens (primary N) is 1. The van der Waals surface area contributed by atoms with E-state index in [0.717, 1.165) is 0 Å². The molecule has 38 heavy (non-hydrogen) atoms. The summed E-state index contributed by atoms with van der Waals surface area (Å²) in [4.78, 5) is 49.1. The zero-order valence-corrected chi connectivity index (χ0v) is 25.6. The van der Waals surface area contributed by atoms with Crippen molar-refractivity contribution in [2.75, 3.05) is 12.3 Å². The van der Waals surface area contributed by atoms with E-state index in [0.29, 0.717) is 10.6 Å². The molecule has 3 aromatic rings. The molecule has 0 unspecified atom stereocenters. The van der Waals surface area contributed by atoms with Gasteiger partial charge in [-0.25, -0.2) is 4.57 Å². The van der Waals surface area contributed by atoms with E-state index in [2.05, 4.69) is 14.5 Å². The maximum Gasteiger partial charge on any atom is 1.00 e. The summed E-state index contributed by atoms with van der Waals surface area (Å²) in [6, 6.07) is 6.98. The first-order valence-corrected chi connectivity index (χ1v) is 11.7. The maximum atomic E-state index is 12.6. The summed E-state index contributed by atoms with van der Waals surface area (Å²) in [5.74, 6) is -0.196. The second kappa shape index (κ2) is 14.5. The van der Waals surface area contributed by atoms with Gasteiger partial charge in [0.2, 0.25) is 17.9 Å². The van der Waals surface area contributed by atoms with E-state index in [4.69, 9.17) is 37.1 Å². The third-order valence-corrected chi connectivity index (χ3v) is 5.83. The first-order valence-electron chi connectivity index (χ1n) is 9.89. The molecule has 20 heteroatoms. The molecule has 16 nitrogen and oxygen atoms in total. The van der Waals surface area contributed by atoms with Crippen LogP contribution < -0.4 is 89.9 Å². The molecule has 0 bridgehead atoms. The number of phosphoric ester groups is 1. The number of anilines is 1. The van der Waals surface area contributed by atoms with Crippen molar-refractivity contribution < 1.29 is 113 Å². The number of phosphoric acid groups is 1. The summed E-state index contributed by atoms with van der Waals surface area (Å²) in [5, 5.41) is 36.5. The number of nitrogen functional groups attached to an aromatic ring is 1. The largest absolute Gasteiger partial charge is 1.00 e. The number of aromatic nitrogens is 4. The Bertz CT molecular complexity index is 1370. The minimum Gasteiger partial charge on any atom is -0.790 e. The second-order valence-corrected chi connectivity index (χ2v) is 8.98. The first kappa shape index (κ1) is 34.9. The van der Waals surface area contributed by atoms with Crippen LogP contribution in [-0.4, -0.2) is 60.9 Å². The number of halogens is 1. The number of nitrogens with zero attached hydrogens (tertiary/aromatic N) is 3. The zero-order valence-electron chi connectivity index (χ0n) is 20.0. The Morgan fingerprint density at radius 3 is 2.47 bits per heavy atom. The Morgan fingerprint density at radius 2 is 1.89 bits per heavy atom. The molecule has 6 N–H and O–H groups in total. The van der Waals surface area contributed by atoms with Gasteiger partial charge in [0, 0.05) is 10.6 Å². The van der Waals surface area contributed by atoms with Gasteiger partial charge in [0.05, 0.1) is 21.0 Å². The minimum absolute atomic E-state index is 0. The number of hydrogen-bond donors (Lipinski definition) is 5. The summed E-state index contributed by atoms with van der Waals surface area (Å²) in [6.07, 6.45) is -6.43. The molecule has 1 aliphatic heterocycles. The smallest absolute Gasteiger partial charge is 0.790 e. The number of carboxylic acid groups (broad SMARTS) is 2. The van der Waals surface area contributed by atoms with Crippen molar-refractivity contribution in [2.45, 2.75) is 31.1 Å². The predicted molar refractivity (Wildman–Crippen MR) is 113 cm³/mol. The number of fused-ring (bicyclic) bond motifs is 1. The van der Waals surface area contributed by atoms with Gasteiger partial charge in [0.15, 0.2) is 6.33 Å². The maximum absolute atomic E-state index is 12.6. The third kappa shape index (κ3) is 8.71. The summed E-state index contributed by atoms with van der Waals surface area (Å²) >= 11 is 6.23. The van der Waals surface area contributed by atoms with Crippen LogP contribution in [0.25, 0.3) is 11.2 Å². The number of rotatable bonds is 6. The van der Waals surface area contributed by atoms with Crippen molar-refractivity contribution in [3.8, 4) is 0 Å². The van der Waals surface area contributed by atoms with Crippen molar-refractivity contribution >= 4 is 42.7 Å². The van der Waals surface area contributed by atoms with Gasteiger partial charge in [-0.2, -0.15) is 0 Å². The van der Waals surface area contributed by atoms with Gasteiger partial charge in [0.1, 0.15) is 18.3 Å². The van der Waals surface area contributed by atoms with Gasteiger partial charge in [-0.3, -0.25) is 14.3 Å². The molecule has 2 aromatic heterocycles. The van der Waals surface area contributed by atoms with Crippen molar-refractivity contribution in [2.24, 2.45) is 0 Å². The molecule has 1 aliphatic rings. The minimum atomic E-state index is -5.32. The van der Waals surface area contributed by atoms with Crippen molar-refractivity contribution in [1.82, 2.24) is 14.5 Å². The van der Waals surface area contributed by atoms with Crippen LogP contribution in [-0.2, 0) is 20.4 Å². The SMILES string of the molecule is Nc1nc2c(c(=O)[nH]1)n(Cc1ccccc1Cl)c[n+]2[C@@H]1O[C@H](COP(=O)([O-])[O-])[C@@H](O)[C@H]1O.O=C([O-])O.[Na+].[Na+].